The molecule has 3 amide bonds. The Kier molecular flexibility index (Phi) is 4.92. The summed E-state index contributed by atoms with van der Waals surface area (Å²) in [5.41, 5.74) is 5.83. The predicted molar refractivity (Wildman–Crippen MR) is 78.3 cm³/mol. The van der Waals surface area contributed by atoms with Gasteiger partial charge in [-0.1, -0.05) is 6.92 Å². The molecule has 1 aliphatic carbocycles. The molecule has 1 aliphatic rings. The lowest BCUT2D eigenvalue weighted by Gasteiger charge is -2.08. The van der Waals surface area contributed by atoms with E-state index in [1.54, 1.807) is 24.3 Å². The molecule has 3 N–H and O–H groups in total. The van der Waals surface area contributed by atoms with Gasteiger partial charge in [-0.05, 0) is 43.5 Å². The molecule has 2 rings (SSSR count). The van der Waals surface area contributed by atoms with Gasteiger partial charge < -0.3 is 5.32 Å². The van der Waals surface area contributed by atoms with E-state index in [1.807, 2.05) is 6.92 Å². The standard InChI is InChI=1S/C15H19N3O3/c1-2-3-13(19)16-12-8-6-11(7-9-12)15(21)18-17-14(20)10-4-5-10/h6-10H,2-5H2,1H3,(H,16,19)(H,17,20)(H,18,21). The molecular weight excluding hydrogens is 270 g/mol. The van der Waals surface area contributed by atoms with Crippen LogP contribution < -0.4 is 16.2 Å². The van der Waals surface area contributed by atoms with Crippen molar-refractivity contribution in [1.29, 1.82) is 0 Å². The molecule has 0 aliphatic heterocycles. The van der Waals surface area contributed by atoms with E-state index in [0.29, 0.717) is 17.7 Å². The first-order valence-corrected chi connectivity index (χ1v) is 7.10. The quantitative estimate of drug-likeness (QED) is 0.719. The minimum absolute atomic E-state index is 0.0430. The van der Waals surface area contributed by atoms with Crippen molar-refractivity contribution in [3.63, 3.8) is 0 Å². The Hall–Kier alpha value is -2.37. The van der Waals surface area contributed by atoms with E-state index in [1.165, 1.54) is 0 Å². The van der Waals surface area contributed by atoms with Crippen molar-refractivity contribution in [2.75, 3.05) is 5.32 Å². The average molecular weight is 289 g/mol. The van der Waals surface area contributed by atoms with Crippen LogP contribution in [0, 0.1) is 5.92 Å². The smallest absolute Gasteiger partial charge is 0.269 e. The highest BCUT2D eigenvalue weighted by Crippen LogP contribution is 2.28. The van der Waals surface area contributed by atoms with E-state index < -0.39 is 0 Å². The van der Waals surface area contributed by atoms with Crippen LogP contribution in [0.4, 0.5) is 5.69 Å². The number of hydrogen-bond acceptors (Lipinski definition) is 3. The molecule has 0 atom stereocenters. The third kappa shape index (κ3) is 4.59. The summed E-state index contributed by atoms with van der Waals surface area (Å²) in [5, 5.41) is 2.74. The van der Waals surface area contributed by atoms with Gasteiger partial charge >= 0.3 is 0 Å². The first-order valence-electron chi connectivity index (χ1n) is 7.10. The van der Waals surface area contributed by atoms with Crippen molar-refractivity contribution >= 4 is 23.4 Å². The summed E-state index contributed by atoms with van der Waals surface area (Å²) in [6.07, 6.45) is 3.02. The van der Waals surface area contributed by atoms with Crippen molar-refractivity contribution in [3.05, 3.63) is 29.8 Å². The van der Waals surface area contributed by atoms with Crippen LogP contribution in [0.25, 0.3) is 0 Å². The number of rotatable bonds is 5. The average Bonchev–Trinajstić information content (AvgIpc) is 3.30. The van der Waals surface area contributed by atoms with E-state index in [-0.39, 0.29) is 23.6 Å². The summed E-state index contributed by atoms with van der Waals surface area (Å²) in [4.78, 5) is 34.7. The van der Waals surface area contributed by atoms with Crippen LogP contribution in [0.15, 0.2) is 24.3 Å². The van der Waals surface area contributed by atoms with E-state index in [9.17, 15) is 14.4 Å². The highest BCUT2D eigenvalue weighted by molar-refractivity contribution is 5.97. The summed E-state index contributed by atoms with van der Waals surface area (Å²) < 4.78 is 0. The second-order valence-electron chi connectivity index (χ2n) is 5.09. The Morgan fingerprint density at radius 3 is 2.33 bits per heavy atom. The molecule has 0 spiro atoms. The van der Waals surface area contributed by atoms with Crippen LogP contribution in [-0.2, 0) is 9.59 Å². The second-order valence-corrected chi connectivity index (χ2v) is 5.09. The number of carbonyl (C=O) groups excluding carboxylic acids is 3. The summed E-state index contributed by atoms with van der Waals surface area (Å²) >= 11 is 0. The normalized spacial score (nSPS) is 13.4. The van der Waals surface area contributed by atoms with E-state index in [4.69, 9.17) is 0 Å². The maximum absolute atomic E-state index is 11.8. The molecule has 0 unspecified atom stereocenters. The molecule has 1 aromatic carbocycles. The molecule has 0 heterocycles. The van der Waals surface area contributed by atoms with E-state index in [0.717, 1.165) is 19.3 Å². The lowest BCUT2D eigenvalue weighted by molar-refractivity contribution is -0.123. The minimum atomic E-state index is -0.379. The maximum atomic E-state index is 11.8. The van der Waals surface area contributed by atoms with Gasteiger partial charge in [0.1, 0.15) is 0 Å². The Morgan fingerprint density at radius 2 is 1.76 bits per heavy atom. The van der Waals surface area contributed by atoms with Crippen molar-refractivity contribution in [2.45, 2.75) is 32.6 Å². The van der Waals surface area contributed by atoms with Crippen molar-refractivity contribution in [1.82, 2.24) is 10.9 Å². The van der Waals surface area contributed by atoms with Gasteiger partial charge in [0.15, 0.2) is 0 Å². The molecule has 0 saturated heterocycles. The molecule has 1 fully saturated rings. The van der Waals surface area contributed by atoms with Gasteiger partial charge in [0.25, 0.3) is 5.91 Å². The van der Waals surface area contributed by atoms with Crippen LogP contribution in [0.3, 0.4) is 0 Å². The number of nitrogens with one attached hydrogen (secondary N) is 3. The Balaban J connectivity index is 1.84. The zero-order chi connectivity index (χ0) is 15.2. The number of anilines is 1. The molecule has 6 nitrogen and oxygen atoms in total. The van der Waals surface area contributed by atoms with Crippen molar-refractivity contribution in [3.8, 4) is 0 Å². The fourth-order valence-electron chi connectivity index (χ4n) is 1.79. The molecule has 6 heteroatoms. The van der Waals surface area contributed by atoms with Gasteiger partial charge in [-0.2, -0.15) is 0 Å². The van der Waals surface area contributed by atoms with E-state index >= 15 is 0 Å². The predicted octanol–water partition coefficient (Wildman–Crippen LogP) is 1.60. The van der Waals surface area contributed by atoms with Gasteiger partial charge in [0.05, 0.1) is 0 Å². The summed E-state index contributed by atoms with van der Waals surface area (Å²) in [5.74, 6) is -0.532. The van der Waals surface area contributed by atoms with Gasteiger partial charge in [0, 0.05) is 23.6 Å². The molecule has 1 saturated carbocycles. The third-order valence-corrected chi connectivity index (χ3v) is 3.16. The molecule has 0 aromatic heterocycles. The van der Waals surface area contributed by atoms with Crippen LogP contribution in [0.5, 0.6) is 0 Å². The lowest BCUT2D eigenvalue weighted by Crippen LogP contribution is -2.42. The van der Waals surface area contributed by atoms with Crippen molar-refractivity contribution < 1.29 is 14.4 Å². The van der Waals surface area contributed by atoms with E-state index in [2.05, 4.69) is 16.2 Å². The first-order chi connectivity index (χ1) is 10.1. The Labute approximate surface area is 123 Å². The van der Waals surface area contributed by atoms with Crippen LogP contribution in [-0.4, -0.2) is 17.7 Å². The lowest BCUT2D eigenvalue weighted by atomic mass is 10.2. The fraction of sp³-hybridized carbons (Fsp3) is 0.400. The number of benzene rings is 1. The second kappa shape index (κ2) is 6.88. The van der Waals surface area contributed by atoms with Crippen LogP contribution in [0.1, 0.15) is 43.0 Å². The fourth-order valence-corrected chi connectivity index (χ4v) is 1.79. The van der Waals surface area contributed by atoms with Crippen LogP contribution >= 0.6 is 0 Å². The SMILES string of the molecule is CCCC(=O)Nc1ccc(C(=O)NNC(=O)C2CC2)cc1. The summed E-state index contributed by atoms with van der Waals surface area (Å²) in [6, 6.07) is 6.51. The van der Waals surface area contributed by atoms with Gasteiger partial charge in [-0.3, -0.25) is 25.2 Å². The molecule has 112 valence electrons. The highest BCUT2D eigenvalue weighted by Gasteiger charge is 2.29. The third-order valence-electron chi connectivity index (χ3n) is 3.16. The number of amides is 3. The van der Waals surface area contributed by atoms with Crippen LogP contribution in [0.2, 0.25) is 0 Å². The molecule has 21 heavy (non-hydrogen) atoms. The summed E-state index contributed by atoms with van der Waals surface area (Å²) in [7, 11) is 0. The number of hydrogen-bond donors (Lipinski definition) is 3. The van der Waals surface area contributed by atoms with Gasteiger partial charge in [0.2, 0.25) is 11.8 Å². The highest BCUT2D eigenvalue weighted by atomic mass is 16.2. The maximum Gasteiger partial charge on any atom is 0.269 e. The topological polar surface area (TPSA) is 87.3 Å². The monoisotopic (exact) mass is 289 g/mol. The zero-order valence-corrected chi connectivity index (χ0v) is 11.9. The number of hydrazine groups is 1. The molecule has 1 aromatic rings. The number of carbonyl (C=O) groups is 3. The molecule has 0 radical (unpaired) electrons. The summed E-state index contributed by atoms with van der Waals surface area (Å²) in [6.45, 7) is 1.93. The Morgan fingerprint density at radius 1 is 1.10 bits per heavy atom. The first kappa shape index (κ1) is 15.0. The minimum Gasteiger partial charge on any atom is -0.326 e. The largest absolute Gasteiger partial charge is 0.326 e. The van der Waals surface area contributed by atoms with Gasteiger partial charge in [-0.25, -0.2) is 0 Å². The van der Waals surface area contributed by atoms with Crippen molar-refractivity contribution in [2.24, 2.45) is 5.92 Å². The Bertz CT molecular complexity index is 536. The molecule has 0 bridgehead atoms. The zero-order valence-electron chi connectivity index (χ0n) is 11.9. The molecular formula is C15H19N3O3. The van der Waals surface area contributed by atoms with Gasteiger partial charge in [-0.15, -0.1) is 0 Å².